The van der Waals surface area contributed by atoms with Gasteiger partial charge in [-0.25, -0.2) is 4.98 Å². The van der Waals surface area contributed by atoms with Gasteiger partial charge >= 0.3 is 0 Å². The Hall–Kier alpha value is -1.12. The quantitative estimate of drug-likeness (QED) is 0.800. The Labute approximate surface area is 108 Å². The van der Waals surface area contributed by atoms with Crippen LogP contribution in [-0.2, 0) is 0 Å². The molecule has 0 bridgehead atoms. The normalized spacial score (nSPS) is 31.7. The number of anilines is 1. The molecule has 0 amide bonds. The predicted octanol–water partition coefficient (Wildman–Crippen LogP) is 3.99. The van der Waals surface area contributed by atoms with Crippen molar-refractivity contribution in [3.05, 3.63) is 24.3 Å². The highest BCUT2D eigenvalue weighted by Gasteiger charge is 2.31. The van der Waals surface area contributed by atoms with E-state index in [1.54, 1.807) is 12.3 Å². The van der Waals surface area contributed by atoms with Crippen molar-refractivity contribution in [2.24, 2.45) is 11.8 Å². The van der Waals surface area contributed by atoms with Crippen molar-refractivity contribution >= 4 is 5.69 Å². The molecule has 0 radical (unpaired) electrons. The second-order valence-electron chi connectivity index (χ2n) is 5.83. The van der Waals surface area contributed by atoms with Gasteiger partial charge in [-0.15, -0.1) is 0 Å². The first-order valence-corrected chi connectivity index (χ1v) is 7.19. The first kappa shape index (κ1) is 11.9. The van der Waals surface area contributed by atoms with Gasteiger partial charge in [0.15, 0.2) is 0 Å². The van der Waals surface area contributed by atoms with Crippen LogP contribution in [0, 0.1) is 17.8 Å². The monoisotopic (exact) mass is 248 g/mol. The lowest BCUT2D eigenvalue weighted by Crippen LogP contribution is -2.34. The summed E-state index contributed by atoms with van der Waals surface area (Å²) in [5.74, 6) is 1.48. The molecule has 3 rings (SSSR count). The van der Waals surface area contributed by atoms with Crippen molar-refractivity contribution in [2.75, 3.05) is 5.32 Å². The molecule has 0 aromatic carbocycles. The number of fused-ring (bicyclic) bond motifs is 1. The van der Waals surface area contributed by atoms with Crippen LogP contribution in [0.3, 0.4) is 0 Å². The van der Waals surface area contributed by atoms with Crippen molar-refractivity contribution < 1.29 is 4.39 Å². The van der Waals surface area contributed by atoms with E-state index in [1.807, 2.05) is 0 Å². The molecule has 2 aliphatic rings. The zero-order chi connectivity index (χ0) is 12.4. The van der Waals surface area contributed by atoms with E-state index in [0.717, 1.165) is 17.5 Å². The van der Waals surface area contributed by atoms with Gasteiger partial charge in [0, 0.05) is 6.04 Å². The number of hydrogen-bond donors (Lipinski definition) is 1. The standard InChI is InChI=1S/C15H21FN2/c16-15-8-7-14(10-17-15)18-13-6-5-11-3-1-2-4-12(11)9-13/h7-8,10-13,18H,1-6,9H2. The molecule has 98 valence electrons. The lowest BCUT2D eigenvalue weighted by atomic mass is 9.69. The molecule has 18 heavy (non-hydrogen) atoms. The van der Waals surface area contributed by atoms with Crippen LogP contribution in [0.5, 0.6) is 0 Å². The number of hydrogen-bond acceptors (Lipinski definition) is 2. The van der Waals surface area contributed by atoms with E-state index < -0.39 is 5.95 Å². The summed E-state index contributed by atoms with van der Waals surface area (Å²) in [7, 11) is 0. The largest absolute Gasteiger partial charge is 0.381 e. The molecule has 1 aromatic rings. The zero-order valence-corrected chi connectivity index (χ0v) is 10.7. The van der Waals surface area contributed by atoms with E-state index in [-0.39, 0.29) is 0 Å². The van der Waals surface area contributed by atoms with E-state index in [9.17, 15) is 4.39 Å². The van der Waals surface area contributed by atoms with E-state index in [2.05, 4.69) is 10.3 Å². The van der Waals surface area contributed by atoms with Crippen molar-refractivity contribution in [1.82, 2.24) is 4.98 Å². The van der Waals surface area contributed by atoms with Crippen LogP contribution >= 0.6 is 0 Å². The number of rotatable bonds is 2. The van der Waals surface area contributed by atoms with Crippen molar-refractivity contribution in [1.29, 1.82) is 0 Å². The first-order chi connectivity index (χ1) is 8.81. The fourth-order valence-electron chi connectivity index (χ4n) is 3.70. The van der Waals surface area contributed by atoms with Gasteiger partial charge in [0.05, 0.1) is 11.9 Å². The summed E-state index contributed by atoms with van der Waals surface area (Å²) in [4.78, 5) is 3.70. The lowest BCUT2D eigenvalue weighted by Gasteiger charge is -2.39. The van der Waals surface area contributed by atoms with Gasteiger partial charge in [-0.1, -0.05) is 25.7 Å². The minimum atomic E-state index is -0.406. The third-order valence-corrected chi connectivity index (χ3v) is 4.64. The summed E-state index contributed by atoms with van der Waals surface area (Å²) in [6, 6.07) is 3.76. The van der Waals surface area contributed by atoms with Gasteiger partial charge in [-0.3, -0.25) is 0 Å². The van der Waals surface area contributed by atoms with Crippen LogP contribution in [0.1, 0.15) is 44.9 Å². The SMILES string of the molecule is Fc1ccc(NC2CCC3CCCCC3C2)cn1. The van der Waals surface area contributed by atoms with Gasteiger partial charge < -0.3 is 5.32 Å². The Morgan fingerprint density at radius 1 is 1.06 bits per heavy atom. The van der Waals surface area contributed by atoms with Crippen molar-refractivity contribution in [3.8, 4) is 0 Å². The second kappa shape index (κ2) is 5.25. The average molecular weight is 248 g/mol. The third-order valence-electron chi connectivity index (χ3n) is 4.64. The average Bonchev–Trinajstić information content (AvgIpc) is 2.41. The predicted molar refractivity (Wildman–Crippen MR) is 70.9 cm³/mol. The van der Waals surface area contributed by atoms with Gasteiger partial charge in [0.25, 0.3) is 0 Å². The highest BCUT2D eigenvalue weighted by molar-refractivity contribution is 5.41. The molecule has 1 heterocycles. The maximum absolute atomic E-state index is 12.7. The molecule has 2 saturated carbocycles. The van der Waals surface area contributed by atoms with Crippen molar-refractivity contribution in [3.63, 3.8) is 0 Å². The summed E-state index contributed by atoms with van der Waals surface area (Å²) in [6.45, 7) is 0. The van der Waals surface area contributed by atoms with Gasteiger partial charge in [-0.05, 0) is 43.2 Å². The van der Waals surface area contributed by atoms with E-state index in [0.29, 0.717) is 6.04 Å². The molecule has 1 N–H and O–H groups in total. The zero-order valence-electron chi connectivity index (χ0n) is 10.7. The smallest absolute Gasteiger partial charge is 0.212 e. The molecule has 2 fully saturated rings. The Kier molecular flexibility index (Phi) is 3.48. The van der Waals surface area contributed by atoms with E-state index in [4.69, 9.17) is 0 Å². The number of pyridine rings is 1. The highest BCUT2D eigenvalue weighted by Crippen LogP contribution is 2.41. The molecule has 1 aromatic heterocycles. The number of nitrogens with one attached hydrogen (secondary N) is 1. The number of halogens is 1. The summed E-state index contributed by atoms with van der Waals surface area (Å²) >= 11 is 0. The molecule has 3 atom stereocenters. The fourth-order valence-corrected chi connectivity index (χ4v) is 3.70. The van der Waals surface area contributed by atoms with Crippen LogP contribution in [0.25, 0.3) is 0 Å². The first-order valence-electron chi connectivity index (χ1n) is 7.19. The van der Waals surface area contributed by atoms with Gasteiger partial charge in [0.2, 0.25) is 5.95 Å². The third kappa shape index (κ3) is 2.65. The molecule has 2 aliphatic carbocycles. The lowest BCUT2D eigenvalue weighted by molar-refractivity contribution is 0.162. The molecule has 0 aliphatic heterocycles. The van der Waals surface area contributed by atoms with Crippen LogP contribution < -0.4 is 5.32 Å². The minimum absolute atomic E-state index is 0.406. The maximum atomic E-state index is 12.7. The van der Waals surface area contributed by atoms with Crippen LogP contribution in [0.2, 0.25) is 0 Å². The fraction of sp³-hybridized carbons (Fsp3) is 0.667. The van der Waals surface area contributed by atoms with Gasteiger partial charge in [-0.2, -0.15) is 4.39 Å². The summed E-state index contributed by atoms with van der Waals surface area (Å²) in [5, 5.41) is 3.51. The molecule has 0 saturated heterocycles. The second-order valence-corrected chi connectivity index (χ2v) is 5.83. The van der Waals surface area contributed by atoms with Crippen LogP contribution in [0.4, 0.5) is 10.1 Å². The Balaban J connectivity index is 1.59. The molecular weight excluding hydrogens is 227 g/mol. The molecule has 3 heteroatoms. The Morgan fingerprint density at radius 2 is 1.89 bits per heavy atom. The van der Waals surface area contributed by atoms with Crippen LogP contribution in [0.15, 0.2) is 18.3 Å². The van der Waals surface area contributed by atoms with E-state index in [1.165, 1.54) is 51.0 Å². The molecule has 2 nitrogen and oxygen atoms in total. The Morgan fingerprint density at radius 3 is 2.67 bits per heavy atom. The molecular formula is C15H21FN2. The van der Waals surface area contributed by atoms with Gasteiger partial charge in [0.1, 0.15) is 0 Å². The summed E-state index contributed by atoms with van der Waals surface area (Å²) in [6.07, 6.45) is 11.2. The summed E-state index contributed by atoms with van der Waals surface area (Å²) < 4.78 is 12.7. The van der Waals surface area contributed by atoms with Crippen LogP contribution in [-0.4, -0.2) is 11.0 Å². The number of aromatic nitrogens is 1. The Bertz CT molecular complexity index is 390. The molecule has 3 unspecified atom stereocenters. The number of nitrogens with zero attached hydrogens (tertiary/aromatic N) is 1. The van der Waals surface area contributed by atoms with Crippen molar-refractivity contribution in [2.45, 2.75) is 51.0 Å². The molecule has 0 spiro atoms. The minimum Gasteiger partial charge on any atom is -0.381 e. The summed E-state index contributed by atoms with van der Waals surface area (Å²) in [5.41, 5.74) is 0.954. The topological polar surface area (TPSA) is 24.9 Å². The maximum Gasteiger partial charge on any atom is 0.212 e. The highest BCUT2D eigenvalue weighted by atomic mass is 19.1. The van der Waals surface area contributed by atoms with E-state index >= 15 is 0 Å².